The van der Waals surface area contributed by atoms with Gasteiger partial charge in [-0.15, -0.1) is 0 Å². The molecule has 1 aliphatic rings. The predicted octanol–water partition coefficient (Wildman–Crippen LogP) is 2.54. The van der Waals surface area contributed by atoms with Gasteiger partial charge in [-0.3, -0.25) is 0 Å². The Balaban J connectivity index is 2.19. The van der Waals surface area contributed by atoms with Crippen molar-refractivity contribution in [2.24, 2.45) is 0 Å². The third-order valence-electron chi connectivity index (χ3n) is 3.22. The van der Waals surface area contributed by atoms with Crippen LogP contribution < -0.4 is 5.32 Å². The highest BCUT2D eigenvalue weighted by Crippen LogP contribution is 2.37. The zero-order valence-electron chi connectivity index (χ0n) is 10.1. The lowest BCUT2D eigenvalue weighted by atomic mass is 9.91. The van der Waals surface area contributed by atoms with Gasteiger partial charge in [-0.1, -0.05) is 28.1 Å². The van der Waals surface area contributed by atoms with Crippen molar-refractivity contribution in [2.75, 3.05) is 13.2 Å². The Kier molecular flexibility index (Phi) is 3.68. The van der Waals surface area contributed by atoms with Gasteiger partial charge in [0.15, 0.2) is 0 Å². The summed E-state index contributed by atoms with van der Waals surface area (Å²) in [7, 11) is 0. The molecule has 1 heterocycles. The van der Waals surface area contributed by atoms with Crippen LogP contribution in [0.15, 0.2) is 28.7 Å². The molecule has 2 atom stereocenters. The first kappa shape index (κ1) is 14.8. The Morgan fingerprint density at radius 2 is 2.11 bits per heavy atom. The quantitative estimate of drug-likeness (QED) is 0.826. The number of halogens is 4. The molecule has 2 rings (SSSR count). The van der Waals surface area contributed by atoms with E-state index in [9.17, 15) is 18.3 Å². The second-order valence-corrected chi connectivity index (χ2v) is 5.68. The van der Waals surface area contributed by atoms with E-state index in [1.54, 1.807) is 25.1 Å². The molecule has 2 unspecified atom stereocenters. The fourth-order valence-corrected chi connectivity index (χ4v) is 2.28. The summed E-state index contributed by atoms with van der Waals surface area (Å²) >= 11 is 3.31. The van der Waals surface area contributed by atoms with Crippen LogP contribution in [0.4, 0.5) is 13.2 Å². The van der Waals surface area contributed by atoms with Crippen molar-refractivity contribution < 1.29 is 23.0 Å². The smallest absolute Gasteiger partial charge is 0.358 e. The van der Waals surface area contributed by atoms with E-state index in [1.807, 2.05) is 6.07 Å². The molecule has 1 aromatic rings. The van der Waals surface area contributed by atoms with Crippen molar-refractivity contribution in [1.29, 1.82) is 0 Å². The van der Waals surface area contributed by atoms with Crippen LogP contribution in [0.25, 0.3) is 0 Å². The standard InChI is InChI=1S/C12H13BrF3NO2/c1-10(8-3-2-4-9(13)5-8)7-19-11(18,6-17-10)12(14,15)16/h2-5,17-18H,6-7H2,1H3. The molecular weight excluding hydrogens is 327 g/mol. The Hall–Kier alpha value is -0.630. The van der Waals surface area contributed by atoms with Crippen LogP contribution >= 0.6 is 15.9 Å². The van der Waals surface area contributed by atoms with E-state index in [2.05, 4.69) is 21.2 Å². The summed E-state index contributed by atoms with van der Waals surface area (Å²) in [4.78, 5) is 0. The minimum absolute atomic E-state index is 0.278. The van der Waals surface area contributed by atoms with E-state index < -0.39 is 24.0 Å². The lowest BCUT2D eigenvalue weighted by Crippen LogP contribution is -2.64. The van der Waals surface area contributed by atoms with Crippen molar-refractivity contribution in [1.82, 2.24) is 5.32 Å². The highest BCUT2D eigenvalue weighted by molar-refractivity contribution is 9.10. The van der Waals surface area contributed by atoms with Gasteiger partial charge in [-0.25, -0.2) is 0 Å². The van der Waals surface area contributed by atoms with E-state index in [4.69, 9.17) is 4.74 Å². The number of β-amino-alcohol motifs (C(OH)–C–C–N with tert-alkyl or cyclic N) is 1. The average Bonchev–Trinajstić information content (AvgIpc) is 2.32. The zero-order chi connectivity index (χ0) is 14.3. The maximum Gasteiger partial charge on any atom is 0.444 e. The summed E-state index contributed by atoms with van der Waals surface area (Å²) < 4.78 is 43.4. The summed E-state index contributed by atoms with van der Waals surface area (Å²) in [6.07, 6.45) is -4.82. The van der Waals surface area contributed by atoms with Crippen molar-refractivity contribution in [2.45, 2.75) is 24.4 Å². The largest absolute Gasteiger partial charge is 0.444 e. The summed E-state index contributed by atoms with van der Waals surface area (Å²) in [6.45, 7) is 0.740. The first-order valence-electron chi connectivity index (χ1n) is 5.60. The highest BCUT2D eigenvalue weighted by atomic mass is 79.9. The molecule has 0 aromatic heterocycles. The zero-order valence-corrected chi connectivity index (χ0v) is 11.7. The predicted molar refractivity (Wildman–Crippen MR) is 66.5 cm³/mol. The van der Waals surface area contributed by atoms with Crippen LogP contribution in [0.3, 0.4) is 0 Å². The van der Waals surface area contributed by atoms with Crippen molar-refractivity contribution >= 4 is 15.9 Å². The average molecular weight is 340 g/mol. The van der Waals surface area contributed by atoms with Gasteiger partial charge >= 0.3 is 6.18 Å². The fourth-order valence-electron chi connectivity index (χ4n) is 1.88. The molecule has 1 saturated heterocycles. The molecule has 0 aliphatic carbocycles. The molecule has 1 fully saturated rings. The number of nitrogens with one attached hydrogen (secondary N) is 1. The van der Waals surface area contributed by atoms with Gasteiger partial charge in [0.1, 0.15) is 0 Å². The Morgan fingerprint density at radius 3 is 2.58 bits per heavy atom. The number of morpholine rings is 1. The van der Waals surface area contributed by atoms with Crippen LogP contribution in [0.2, 0.25) is 0 Å². The molecule has 0 spiro atoms. The van der Waals surface area contributed by atoms with Gasteiger partial charge < -0.3 is 15.2 Å². The second kappa shape index (κ2) is 4.73. The molecule has 0 saturated carbocycles. The molecule has 106 valence electrons. The number of alkyl halides is 3. The Bertz CT molecular complexity index is 470. The molecule has 0 radical (unpaired) electrons. The lowest BCUT2D eigenvalue weighted by Gasteiger charge is -2.43. The minimum atomic E-state index is -4.82. The van der Waals surface area contributed by atoms with Gasteiger partial charge in [0.25, 0.3) is 5.79 Å². The number of rotatable bonds is 1. The van der Waals surface area contributed by atoms with E-state index >= 15 is 0 Å². The number of aliphatic hydroxyl groups is 1. The van der Waals surface area contributed by atoms with E-state index in [-0.39, 0.29) is 6.61 Å². The summed E-state index contributed by atoms with van der Waals surface area (Å²) in [5.74, 6) is -3.13. The topological polar surface area (TPSA) is 41.5 Å². The van der Waals surface area contributed by atoms with Crippen LogP contribution in [0, 0.1) is 0 Å². The van der Waals surface area contributed by atoms with Crippen LogP contribution in [0.5, 0.6) is 0 Å². The molecule has 3 nitrogen and oxygen atoms in total. The first-order valence-corrected chi connectivity index (χ1v) is 6.40. The lowest BCUT2D eigenvalue weighted by molar-refractivity contribution is -0.377. The number of hydrogen-bond acceptors (Lipinski definition) is 3. The monoisotopic (exact) mass is 339 g/mol. The van der Waals surface area contributed by atoms with E-state index in [1.165, 1.54) is 0 Å². The molecule has 7 heteroatoms. The van der Waals surface area contributed by atoms with Gasteiger partial charge in [0.05, 0.1) is 18.7 Å². The number of benzene rings is 1. The van der Waals surface area contributed by atoms with Crippen molar-refractivity contribution in [3.63, 3.8) is 0 Å². The fraction of sp³-hybridized carbons (Fsp3) is 0.500. The molecule has 0 bridgehead atoms. The molecule has 1 aromatic carbocycles. The second-order valence-electron chi connectivity index (χ2n) is 4.77. The van der Waals surface area contributed by atoms with Crippen LogP contribution in [-0.4, -0.2) is 30.2 Å². The third kappa shape index (κ3) is 2.79. The summed E-state index contributed by atoms with van der Waals surface area (Å²) in [5, 5.41) is 12.1. The number of ether oxygens (including phenoxy) is 1. The summed E-state index contributed by atoms with van der Waals surface area (Å²) in [6, 6.07) is 7.20. The van der Waals surface area contributed by atoms with Gasteiger partial charge in [0.2, 0.25) is 0 Å². The highest BCUT2D eigenvalue weighted by Gasteiger charge is 2.58. The maximum absolute atomic E-state index is 12.6. The molecule has 2 N–H and O–H groups in total. The van der Waals surface area contributed by atoms with E-state index in [0.717, 1.165) is 10.0 Å². The van der Waals surface area contributed by atoms with Gasteiger partial charge in [-0.2, -0.15) is 13.2 Å². The molecule has 1 aliphatic heterocycles. The van der Waals surface area contributed by atoms with Crippen molar-refractivity contribution in [3.8, 4) is 0 Å². The van der Waals surface area contributed by atoms with Gasteiger partial charge in [-0.05, 0) is 24.6 Å². The van der Waals surface area contributed by atoms with E-state index in [0.29, 0.717) is 0 Å². The van der Waals surface area contributed by atoms with Crippen LogP contribution in [0.1, 0.15) is 12.5 Å². The van der Waals surface area contributed by atoms with Gasteiger partial charge in [0, 0.05) is 4.47 Å². The SMILES string of the molecule is CC1(c2cccc(Br)c2)COC(O)(C(F)(F)F)CN1. The van der Waals surface area contributed by atoms with Crippen LogP contribution in [-0.2, 0) is 10.3 Å². The van der Waals surface area contributed by atoms with Crippen molar-refractivity contribution in [3.05, 3.63) is 34.3 Å². The third-order valence-corrected chi connectivity index (χ3v) is 3.72. The molecular formula is C12H13BrF3NO2. The minimum Gasteiger partial charge on any atom is -0.358 e. The number of hydrogen-bond donors (Lipinski definition) is 2. The molecule has 19 heavy (non-hydrogen) atoms. The first-order chi connectivity index (χ1) is 8.66. The molecule has 0 amide bonds. The maximum atomic E-state index is 12.6. The normalized spacial score (nSPS) is 32.3. The summed E-state index contributed by atoms with van der Waals surface area (Å²) in [5.41, 5.74) is 0.00690. The Labute approximate surface area is 116 Å². The Morgan fingerprint density at radius 1 is 1.42 bits per heavy atom.